The third-order valence-electron chi connectivity index (χ3n) is 4.03. The van der Waals surface area contributed by atoms with Crippen molar-refractivity contribution in [2.75, 3.05) is 5.32 Å². The first-order chi connectivity index (χ1) is 12.1. The van der Waals surface area contributed by atoms with E-state index < -0.39 is 11.7 Å². The fourth-order valence-electron chi connectivity index (χ4n) is 2.75. The van der Waals surface area contributed by atoms with Gasteiger partial charge in [-0.15, -0.1) is 0 Å². The first kappa shape index (κ1) is 17.8. The molecule has 0 atom stereocenters. The maximum atomic E-state index is 13.1. The fraction of sp³-hybridized carbons (Fsp3) is 0.389. The second-order valence-corrected chi connectivity index (χ2v) is 7.30. The molecule has 0 saturated carbocycles. The molecular formula is C18H23N5O3. The quantitative estimate of drug-likeness (QED) is 0.764. The zero-order valence-corrected chi connectivity index (χ0v) is 15.8. The van der Waals surface area contributed by atoms with Gasteiger partial charge in [0.1, 0.15) is 5.60 Å². The minimum Gasteiger partial charge on any atom is -0.444 e. The van der Waals surface area contributed by atoms with Crippen molar-refractivity contribution in [2.24, 2.45) is 14.1 Å². The number of pyridine rings is 1. The van der Waals surface area contributed by atoms with E-state index in [4.69, 9.17) is 4.74 Å². The van der Waals surface area contributed by atoms with Crippen LogP contribution in [0.3, 0.4) is 0 Å². The molecule has 0 radical (unpaired) electrons. The summed E-state index contributed by atoms with van der Waals surface area (Å²) in [6.07, 6.45) is 2.78. The standard InChI is InChI=1S/C18H23N5O3/c1-11-9-14(20-22(11)6)23-8-7-13-15(16(23)24)12(10-21(13)5)19-17(25)26-18(2,3)4/h7-10H,1-6H3,(H,19,25). The molecule has 3 heterocycles. The normalized spacial score (nSPS) is 11.8. The van der Waals surface area contributed by atoms with Crippen LogP contribution in [0.25, 0.3) is 16.7 Å². The lowest BCUT2D eigenvalue weighted by atomic mass is 10.2. The van der Waals surface area contributed by atoms with Crippen molar-refractivity contribution in [3.8, 4) is 5.82 Å². The summed E-state index contributed by atoms with van der Waals surface area (Å²) in [6.45, 7) is 7.27. The predicted molar refractivity (Wildman–Crippen MR) is 99.9 cm³/mol. The number of nitrogens with zero attached hydrogens (tertiary/aromatic N) is 4. The van der Waals surface area contributed by atoms with Crippen LogP contribution in [0.2, 0.25) is 0 Å². The smallest absolute Gasteiger partial charge is 0.412 e. The summed E-state index contributed by atoms with van der Waals surface area (Å²) in [6, 6.07) is 3.65. The van der Waals surface area contributed by atoms with Crippen LogP contribution < -0.4 is 10.9 Å². The highest BCUT2D eigenvalue weighted by Gasteiger charge is 2.20. The Morgan fingerprint density at radius 3 is 2.54 bits per heavy atom. The number of ether oxygens (including phenoxy) is 1. The molecule has 1 amide bonds. The number of rotatable bonds is 2. The van der Waals surface area contributed by atoms with E-state index >= 15 is 0 Å². The van der Waals surface area contributed by atoms with E-state index in [9.17, 15) is 9.59 Å². The van der Waals surface area contributed by atoms with Crippen molar-refractivity contribution in [3.63, 3.8) is 0 Å². The van der Waals surface area contributed by atoms with Gasteiger partial charge in [0.05, 0.1) is 16.6 Å². The van der Waals surface area contributed by atoms with Crippen LogP contribution in [0.5, 0.6) is 0 Å². The van der Waals surface area contributed by atoms with Crippen LogP contribution in [-0.4, -0.2) is 30.6 Å². The average Bonchev–Trinajstić information content (AvgIpc) is 2.98. The van der Waals surface area contributed by atoms with E-state index in [1.54, 1.807) is 42.4 Å². The molecule has 8 nitrogen and oxygen atoms in total. The van der Waals surface area contributed by atoms with Gasteiger partial charge in [-0.1, -0.05) is 0 Å². The molecule has 0 bridgehead atoms. The molecule has 0 aliphatic rings. The number of hydrogen-bond acceptors (Lipinski definition) is 4. The Balaban J connectivity index is 2.09. The maximum absolute atomic E-state index is 13.1. The largest absolute Gasteiger partial charge is 0.444 e. The molecule has 0 fully saturated rings. The monoisotopic (exact) mass is 357 g/mol. The lowest BCUT2D eigenvalue weighted by Crippen LogP contribution is -2.27. The number of aryl methyl sites for hydroxylation is 3. The van der Waals surface area contributed by atoms with Gasteiger partial charge in [-0.2, -0.15) is 5.10 Å². The van der Waals surface area contributed by atoms with Crippen molar-refractivity contribution in [2.45, 2.75) is 33.3 Å². The van der Waals surface area contributed by atoms with E-state index in [0.717, 1.165) is 5.69 Å². The summed E-state index contributed by atoms with van der Waals surface area (Å²) in [5, 5.41) is 7.44. The summed E-state index contributed by atoms with van der Waals surface area (Å²) in [5.74, 6) is 0.531. The number of nitrogens with one attached hydrogen (secondary N) is 1. The zero-order valence-electron chi connectivity index (χ0n) is 15.8. The number of aromatic nitrogens is 4. The number of carbonyl (C=O) groups is 1. The zero-order chi connectivity index (χ0) is 19.2. The Hall–Kier alpha value is -3.03. The lowest BCUT2D eigenvalue weighted by Gasteiger charge is -2.19. The van der Waals surface area contributed by atoms with Gasteiger partial charge in [0.2, 0.25) is 0 Å². The molecule has 26 heavy (non-hydrogen) atoms. The molecule has 3 rings (SSSR count). The number of hydrogen-bond donors (Lipinski definition) is 1. The third kappa shape index (κ3) is 3.22. The lowest BCUT2D eigenvalue weighted by molar-refractivity contribution is 0.0636. The fourth-order valence-corrected chi connectivity index (χ4v) is 2.75. The van der Waals surface area contributed by atoms with E-state index in [1.165, 1.54) is 4.57 Å². The highest BCUT2D eigenvalue weighted by molar-refractivity contribution is 5.99. The van der Waals surface area contributed by atoms with Crippen molar-refractivity contribution >= 4 is 22.7 Å². The van der Waals surface area contributed by atoms with Crippen LogP contribution in [0.4, 0.5) is 10.5 Å². The Kier molecular flexibility index (Phi) is 4.14. The highest BCUT2D eigenvalue weighted by Crippen LogP contribution is 2.23. The molecule has 3 aromatic rings. The first-order valence-corrected chi connectivity index (χ1v) is 8.28. The van der Waals surface area contributed by atoms with Crippen LogP contribution in [0, 0.1) is 6.92 Å². The molecule has 0 saturated heterocycles. The summed E-state index contributed by atoms with van der Waals surface area (Å²) in [7, 11) is 3.64. The SMILES string of the molecule is Cc1cc(-n2ccc3c(c(NC(=O)OC(C)(C)C)cn3C)c2=O)nn1C. The van der Waals surface area contributed by atoms with Gasteiger partial charge >= 0.3 is 6.09 Å². The second-order valence-electron chi connectivity index (χ2n) is 7.30. The Labute approximate surface area is 151 Å². The minimum absolute atomic E-state index is 0.257. The maximum Gasteiger partial charge on any atom is 0.412 e. The van der Waals surface area contributed by atoms with Gasteiger partial charge in [0.25, 0.3) is 5.56 Å². The summed E-state index contributed by atoms with van der Waals surface area (Å²) in [4.78, 5) is 25.2. The van der Waals surface area contributed by atoms with Gasteiger partial charge < -0.3 is 9.30 Å². The van der Waals surface area contributed by atoms with E-state index in [1.807, 2.05) is 33.2 Å². The summed E-state index contributed by atoms with van der Waals surface area (Å²) >= 11 is 0. The Morgan fingerprint density at radius 2 is 1.96 bits per heavy atom. The van der Waals surface area contributed by atoms with Gasteiger partial charge in [0.15, 0.2) is 5.82 Å². The molecule has 8 heteroatoms. The minimum atomic E-state index is -0.625. The molecule has 1 N–H and O–H groups in total. The Morgan fingerprint density at radius 1 is 1.27 bits per heavy atom. The number of fused-ring (bicyclic) bond motifs is 1. The molecule has 0 spiro atoms. The van der Waals surface area contributed by atoms with Crippen LogP contribution in [-0.2, 0) is 18.8 Å². The van der Waals surface area contributed by atoms with E-state index in [2.05, 4.69) is 10.4 Å². The topological polar surface area (TPSA) is 83.1 Å². The Bertz CT molecular complexity index is 1030. The van der Waals surface area contributed by atoms with Crippen molar-refractivity contribution in [1.29, 1.82) is 0 Å². The van der Waals surface area contributed by atoms with Crippen molar-refractivity contribution in [1.82, 2.24) is 18.9 Å². The molecule has 0 aliphatic heterocycles. The second kappa shape index (κ2) is 6.05. The molecular weight excluding hydrogens is 334 g/mol. The van der Waals surface area contributed by atoms with Gasteiger partial charge in [0, 0.05) is 38.2 Å². The number of anilines is 1. The van der Waals surface area contributed by atoms with Crippen LogP contribution >= 0.6 is 0 Å². The van der Waals surface area contributed by atoms with E-state index in [0.29, 0.717) is 22.4 Å². The van der Waals surface area contributed by atoms with E-state index in [-0.39, 0.29) is 5.56 Å². The van der Waals surface area contributed by atoms with Crippen molar-refractivity contribution in [3.05, 3.63) is 40.6 Å². The summed E-state index contributed by atoms with van der Waals surface area (Å²) < 4.78 is 10.3. The van der Waals surface area contributed by atoms with Crippen LogP contribution in [0.1, 0.15) is 26.5 Å². The van der Waals surface area contributed by atoms with Gasteiger partial charge in [-0.3, -0.25) is 19.4 Å². The summed E-state index contributed by atoms with van der Waals surface area (Å²) in [5.41, 5.74) is 1.17. The van der Waals surface area contributed by atoms with Crippen LogP contribution in [0.15, 0.2) is 29.3 Å². The molecule has 0 aromatic carbocycles. The third-order valence-corrected chi connectivity index (χ3v) is 4.03. The molecule has 138 valence electrons. The van der Waals surface area contributed by atoms with Gasteiger partial charge in [-0.25, -0.2) is 4.79 Å². The molecule has 3 aromatic heterocycles. The highest BCUT2D eigenvalue weighted by atomic mass is 16.6. The first-order valence-electron chi connectivity index (χ1n) is 8.28. The average molecular weight is 357 g/mol. The number of carbonyl (C=O) groups excluding carboxylic acids is 1. The van der Waals surface area contributed by atoms with Crippen molar-refractivity contribution < 1.29 is 9.53 Å². The molecule has 0 aliphatic carbocycles. The number of amides is 1. The molecule has 0 unspecified atom stereocenters. The van der Waals surface area contributed by atoms with Gasteiger partial charge in [-0.05, 0) is 33.8 Å². The predicted octanol–water partition coefficient (Wildman–Crippen LogP) is 2.72.